The van der Waals surface area contributed by atoms with E-state index in [1.54, 1.807) is 55.8 Å². The Morgan fingerprint density at radius 2 is 1.90 bits per heavy atom. The largest absolute Gasteiger partial charge is 0.497 e. The van der Waals surface area contributed by atoms with Crippen LogP contribution in [-0.2, 0) is 20.7 Å². The first-order valence-electron chi connectivity index (χ1n) is 12.0. The van der Waals surface area contributed by atoms with Gasteiger partial charge in [0, 0.05) is 24.4 Å². The predicted molar refractivity (Wildman–Crippen MR) is 143 cm³/mol. The minimum absolute atomic E-state index is 0.130. The highest BCUT2D eigenvalue weighted by atomic mass is 35.5. The lowest BCUT2D eigenvalue weighted by Gasteiger charge is -2.33. The molecule has 1 unspecified atom stereocenters. The number of carbonyl (C=O) groups excluding carboxylic acids is 2. The van der Waals surface area contributed by atoms with Crippen molar-refractivity contribution in [1.29, 1.82) is 0 Å². The van der Waals surface area contributed by atoms with Gasteiger partial charge in [-0.3, -0.25) is 9.59 Å². The monoisotopic (exact) mass is 563 g/mol. The Kier molecular flexibility index (Phi) is 7.39. The summed E-state index contributed by atoms with van der Waals surface area (Å²) in [6.07, 6.45) is 5.62. The molecule has 0 bridgehead atoms. The zero-order valence-electron chi connectivity index (χ0n) is 21.1. The number of benzene rings is 2. The third-order valence-electron chi connectivity index (χ3n) is 6.29. The van der Waals surface area contributed by atoms with Crippen molar-refractivity contribution in [3.05, 3.63) is 108 Å². The molecular formula is C28H23ClFN5O5. The van der Waals surface area contributed by atoms with Crippen molar-refractivity contribution in [2.75, 3.05) is 7.11 Å². The van der Waals surface area contributed by atoms with Crippen molar-refractivity contribution in [2.24, 2.45) is 5.73 Å². The van der Waals surface area contributed by atoms with Gasteiger partial charge in [0.2, 0.25) is 0 Å². The molecule has 10 nitrogen and oxygen atoms in total. The first kappa shape index (κ1) is 26.7. The smallest absolute Gasteiger partial charge is 0.352 e. The molecule has 40 heavy (non-hydrogen) atoms. The standard InChI is InChI=1S/C28H23ClFN5O5/c1-38-19-7-4-17(5-8-19)15-24(28(27(31)37)39-13-14-40-28)33-26(36)21-3-2-11-32-25(21)35-12-10-23(34-35)20-9-6-18(30)16-22(20)29/h2-14,16,24H,15H2,1H3,(H2,31,37)(H,33,36). The Bertz CT molecular complexity index is 1580. The van der Waals surface area contributed by atoms with E-state index in [2.05, 4.69) is 15.4 Å². The molecule has 2 aromatic heterocycles. The summed E-state index contributed by atoms with van der Waals surface area (Å²) >= 11 is 6.20. The molecule has 0 radical (unpaired) electrons. The first-order chi connectivity index (χ1) is 19.3. The summed E-state index contributed by atoms with van der Waals surface area (Å²) in [5, 5.41) is 7.51. The summed E-state index contributed by atoms with van der Waals surface area (Å²) in [5.74, 6) is -3.11. The van der Waals surface area contributed by atoms with E-state index in [1.165, 1.54) is 41.6 Å². The molecule has 2 aromatic carbocycles. The molecule has 1 atom stereocenters. The Morgan fingerprint density at radius 3 is 2.58 bits per heavy atom. The number of pyridine rings is 1. The molecule has 3 N–H and O–H groups in total. The van der Waals surface area contributed by atoms with Gasteiger partial charge in [0.1, 0.15) is 30.1 Å². The molecule has 1 aliphatic heterocycles. The molecule has 0 spiro atoms. The van der Waals surface area contributed by atoms with E-state index in [-0.39, 0.29) is 22.8 Å². The van der Waals surface area contributed by atoms with E-state index in [0.29, 0.717) is 17.0 Å². The lowest BCUT2D eigenvalue weighted by Crippen LogP contribution is -2.61. The van der Waals surface area contributed by atoms with Crippen molar-refractivity contribution < 1.29 is 28.2 Å². The minimum Gasteiger partial charge on any atom is -0.497 e. The Hall–Kier alpha value is -4.90. The van der Waals surface area contributed by atoms with Crippen LogP contribution in [0.2, 0.25) is 5.02 Å². The van der Waals surface area contributed by atoms with E-state index in [4.69, 9.17) is 31.5 Å². The SMILES string of the molecule is COc1ccc(CC(NC(=O)c2cccnc2-n2ccc(-c3ccc(F)cc3Cl)n2)C2(C(N)=O)OC=CO2)cc1. The highest BCUT2D eigenvalue weighted by Gasteiger charge is 2.51. The number of nitrogens with one attached hydrogen (secondary N) is 1. The van der Waals surface area contributed by atoms with Gasteiger partial charge < -0.3 is 25.3 Å². The second-order valence-electron chi connectivity index (χ2n) is 8.76. The third kappa shape index (κ3) is 5.19. The van der Waals surface area contributed by atoms with E-state index in [1.807, 2.05) is 0 Å². The summed E-state index contributed by atoms with van der Waals surface area (Å²) in [6, 6.07) is 14.8. The van der Waals surface area contributed by atoms with Gasteiger partial charge in [-0.25, -0.2) is 14.1 Å². The average Bonchev–Trinajstić information content (AvgIpc) is 3.64. The normalized spacial score (nSPS) is 14.2. The van der Waals surface area contributed by atoms with Crippen LogP contribution < -0.4 is 15.8 Å². The van der Waals surface area contributed by atoms with Crippen molar-refractivity contribution in [3.8, 4) is 22.8 Å². The van der Waals surface area contributed by atoms with Crippen molar-refractivity contribution >= 4 is 23.4 Å². The maximum atomic E-state index is 13.7. The molecule has 0 saturated carbocycles. The van der Waals surface area contributed by atoms with Crippen LogP contribution in [0.5, 0.6) is 5.75 Å². The zero-order valence-corrected chi connectivity index (χ0v) is 21.8. The van der Waals surface area contributed by atoms with E-state index in [0.717, 1.165) is 5.56 Å². The molecule has 12 heteroatoms. The number of halogens is 2. The van der Waals surface area contributed by atoms with E-state index >= 15 is 0 Å². The van der Waals surface area contributed by atoms with Crippen LogP contribution in [0, 0.1) is 5.82 Å². The fourth-order valence-corrected chi connectivity index (χ4v) is 4.55. The maximum Gasteiger partial charge on any atom is 0.352 e. The highest BCUT2D eigenvalue weighted by molar-refractivity contribution is 6.33. The Balaban J connectivity index is 1.46. The van der Waals surface area contributed by atoms with Gasteiger partial charge in [-0.2, -0.15) is 5.10 Å². The number of amides is 2. The number of ether oxygens (including phenoxy) is 3. The molecule has 0 fully saturated rings. The van der Waals surface area contributed by atoms with Crippen LogP contribution in [0.25, 0.3) is 17.1 Å². The fourth-order valence-electron chi connectivity index (χ4n) is 4.29. The van der Waals surface area contributed by atoms with Crippen LogP contribution in [0.1, 0.15) is 15.9 Å². The van der Waals surface area contributed by atoms with Gasteiger partial charge in [-0.15, -0.1) is 0 Å². The number of nitrogens with two attached hydrogens (primary N) is 1. The fraction of sp³-hybridized carbons (Fsp3) is 0.143. The van der Waals surface area contributed by atoms with Crippen LogP contribution >= 0.6 is 11.6 Å². The van der Waals surface area contributed by atoms with Gasteiger partial charge in [0.15, 0.2) is 5.82 Å². The van der Waals surface area contributed by atoms with Crippen LogP contribution in [0.4, 0.5) is 4.39 Å². The predicted octanol–water partition coefficient (Wildman–Crippen LogP) is 3.78. The Morgan fingerprint density at radius 1 is 1.15 bits per heavy atom. The topological polar surface area (TPSA) is 131 Å². The zero-order chi connectivity index (χ0) is 28.3. The number of aromatic nitrogens is 3. The average molecular weight is 564 g/mol. The van der Waals surface area contributed by atoms with Crippen LogP contribution in [-0.4, -0.2) is 45.5 Å². The summed E-state index contributed by atoms with van der Waals surface area (Å²) in [4.78, 5) is 30.6. The lowest BCUT2D eigenvalue weighted by atomic mass is 9.97. The summed E-state index contributed by atoms with van der Waals surface area (Å²) < 4.78 is 31.2. The molecule has 4 aromatic rings. The number of rotatable bonds is 9. The van der Waals surface area contributed by atoms with Gasteiger partial charge in [0.25, 0.3) is 5.91 Å². The minimum atomic E-state index is -1.98. The van der Waals surface area contributed by atoms with Crippen LogP contribution in [0.15, 0.2) is 85.6 Å². The molecule has 1 aliphatic rings. The second kappa shape index (κ2) is 11.1. The number of hydrogen-bond acceptors (Lipinski definition) is 7. The molecule has 0 saturated heterocycles. The molecule has 3 heterocycles. The molecule has 0 aliphatic carbocycles. The number of methoxy groups -OCH3 is 1. The molecule has 2 amide bonds. The number of hydrogen-bond donors (Lipinski definition) is 2. The van der Waals surface area contributed by atoms with Gasteiger partial charge >= 0.3 is 11.7 Å². The summed E-state index contributed by atoms with van der Waals surface area (Å²) in [5.41, 5.74) is 7.55. The van der Waals surface area contributed by atoms with Crippen LogP contribution in [0.3, 0.4) is 0 Å². The third-order valence-corrected chi connectivity index (χ3v) is 6.61. The summed E-state index contributed by atoms with van der Waals surface area (Å²) in [7, 11) is 1.55. The second-order valence-corrected chi connectivity index (χ2v) is 9.17. The maximum absolute atomic E-state index is 13.7. The number of nitrogens with zero attached hydrogens (tertiary/aromatic N) is 3. The quantitative estimate of drug-likeness (QED) is 0.317. The first-order valence-corrected chi connectivity index (χ1v) is 12.4. The summed E-state index contributed by atoms with van der Waals surface area (Å²) in [6.45, 7) is 0. The molecular weight excluding hydrogens is 541 g/mol. The van der Waals surface area contributed by atoms with Crippen molar-refractivity contribution in [2.45, 2.75) is 18.2 Å². The van der Waals surface area contributed by atoms with Gasteiger partial charge in [-0.05, 0) is 54.1 Å². The molecule has 5 rings (SSSR count). The van der Waals surface area contributed by atoms with Crippen molar-refractivity contribution in [3.63, 3.8) is 0 Å². The molecule has 204 valence electrons. The number of carbonyl (C=O) groups is 2. The lowest BCUT2D eigenvalue weighted by molar-refractivity contribution is -0.182. The van der Waals surface area contributed by atoms with Crippen molar-refractivity contribution in [1.82, 2.24) is 20.1 Å². The van der Waals surface area contributed by atoms with Gasteiger partial charge in [0.05, 0.1) is 23.4 Å². The number of primary amides is 1. The van der Waals surface area contributed by atoms with Gasteiger partial charge in [-0.1, -0.05) is 23.7 Å². The van der Waals surface area contributed by atoms with E-state index in [9.17, 15) is 14.0 Å². The van der Waals surface area contributed by atoms with E-state index < -0.39 is 29.5 Å². The Labute approximate surface area is 233 Å². The highest BCUT2D eigenvalue weighted by Crippen LogP contribution is 2.29.